The lowest BCUT2D eigenvalue weighted by Crippen LogP contribution is -2.14. The first-order chi connectivity index (χ1) is 9.20. The number of nitro benzene ring substituents is 1. The standard InChI is InChI=1S/C13H16N4O2/c1-2-7-14-10-11-6-8-16(15-11)12-4-3-5-13(9-12)17(18)19/h3-6,8-9,14H,2,7,10H2,1H3. The van der Waals surface area contributed by atoms with Gasteiger partial charge in [-0.05, 0) is 25.1 Å². The van der Waals surface area contributed by atoms with Gasteiger partial charge in [0.1, 0.15) is 0 Å². The van der Waals surface area contributed by atoms with E-state index < -0.39 is 4.92 Å². The molecule has 19 heavy (non-hydrogen) atoms. The van der Waals surface area contributed by atoms with E-state index in [-0.39, 0.29) is 5.69 Å². The summed E-state index contributed by atoms with van der Waals surface area (Å²) in [6, 6.07) is 8.34. The summed E-state index contributed by atoms with van der Waals surface area (Å²) in [5.74, 6) is 0. The predicted molar refractivity (Wildman–Crippen MR) is 72.2 cm³/mol. The molecule has 1 aromatic carbocycles. The molecule has 0 amide bonds. The van der Waals surface area contributed by atoms with Crippen LogP contribution in [0.25, 0.3) is 5.69 Å². The normalized spacial score (nSPS) is 10.6. The van der Waals surface area contributed by atoms with E-state index in [2.05, 4.69) is 17.3 Å². The van der Waals surface area contributed by atoms with Crippen LogP contribution in [0.3, 0.4) is 0 Å². The van der Waals surface area contributed by atoms with Gasteiger partial charge < -0.3 is 5.32 Å². The van der Waals surface area contributed by atoms with E-state index in [0.717, 1.165) is 18.7 Å². The Hall–Kier alpha value is -2.21. The first kappa shape index (κ1) is 13.2. The Kier molecular flexibility index (Phi) is 4.25. The van der Waals surface area contributed by atoms with Gasteiger partial charge in [0, 0.05) is 24.9 Å². The zero-order valence-electron chi connectivity index (χ0n) is 10.7. The minimum Gasteiger partial charge on any atom is -0.311 e. The number of nitro groups is 1. The van der Waals surface area contributed by atoms with Crippen molar-refractivity contribution in [3.63, 3.8) is 0 Å². The molecule has 2 aromatic rings. The monoisotopic (exact) mass is 260 g/mol. The van der Waals surface area contributed by atoms with Gasteiger partial charge in [-0.3, -0.25) is 10.1 Å². The Morgan fingerprint density at radius 3 is 3.00 bits per heavy atom. The molecule has 6 heteroatoms. The zero-order valence-corrected chi connectivity index (χ0v) is 10.7. The van der Waals surface area contributed by atoms with Crippen molar-refractivity contribution in [2.75, 3.05) is 6.54 Å². The second-order valence-electron chi connectivity index (χ2n) is 4.21. The molecule has 0 bridgehead atoms. The molecule has 1 aromatic heterocycles. The SMILES string of the molecule is CCCNCc1ccn(-c2cccc([N+](=O)[O-])c2)n1. The van der Waals surface area contributed by atoms with E-state index in [1.165, 1.54) is 12.1 Å². The smallest absolute Gasteiger partial charge is 0.271 e. The average molecular weight is 260 g/mol. The summed E-state index contributed by atoms with van der Waals surface area (Å²) in [4.78, 5) is 10.3. The fourth-order valence-electron chi connectivity index (χ4n) is 1.74. The van der Waals surface area contributed by atoms with Gasteiger partial charge in [-0.25, -0.2) is 4.68 Å². The highest BCUT2D eigenvalue weighted by Crippen LogP contribution is 2.16. The lowest BCUT2D eigenvalue weighted by Gasteiger charge is -2.01. The summed E-state index contributed by atoms with van der Waals surface area (Å²) in [5.41, 5.74) is 1.68. The van der Waals surface area contributed by atoms with Crippen molar-refractivity contribution in [3.05, 3.63) is 52.3 Å². The van der Waals surface area contributed by atoms with Crippen molar-refractivity contribution in [2.24, 2.45) is 0 Å². The molecular formula is C13H16N4O2. The third-order valence-electron chi connectivity index (χ3n) is 2.68. The van der Waals surface area contributed by atoms with Crippen LogP contribution < -0.4 is 5.32 Å². The van der Waals surface area contributed by atoms with Gasteiger partial charge in [0.15, 0.2) is 0 Å². The number of non-ortho nitro benzene ring substituents is 1. The molecule has 0 unspecified atom stereocenters. The number of rotatable bonds is 6. The zero-order chi connectivity index (χ0) is 13.7. The quantitative estimate of drug-likeness (QED) is 0.491. The van der Waals surface area contributed by atoms with Crippen LogP contribution in [0, 0.1) is 10.1 Å². The van der Waals surface area contributed by atoms with Crippen LogP contribution >= 0.6 is 0 Å². The topological polar surface area (TPSA) is 73.0 Å². The lowest BCUT2D eigenvalue weighted by molar-refractivity contribution is -0.384. The molecule has 0 radical (unpaired) electrons. The summed E-state index contributed by atoms with van der Waals surface area (Å²) >= 11 is 0. The molecule has 2 rings (SSSR count). The van der Waals surface area contributed by atoms with Gasteiger partial charge in [-0.1, -0.05) is 13.0 Å². The summed E-state index contributed by atoms with van der Waals surface area (Å²) < 4.78 is 1.65. The molecule has 1 heterocycles. The first-order valence-corrected chi connectivity index (χ1v) is 6.21. The number of nitrogens with one attached hydrogen (secondary N) is 1. The largest absolute Gasteiger partial charge is 0.311 e. The molecule has 0 saturated heterocycles. The minimum absolute atomic E-state index is 0.0682. The molecule has 0 atom stereocenters. The molecule has 0 saturated carbocycles. The van der Waals surface area contributed by atoms with Crippen LogP contribution in [0.4, 0.5) is 5.69 Å². The van der Waals surface area contributed by atoms with Crippen molar-refractivity contribution < 1.29 is 4.92 Å². The van der Waals surface area contributed by atoms with E-state index in [1.807, 2.05) is 12.3 Å². The third-order valence-corrected chi connectivity index (χ3v) is 2.68. The van der Waals surface area contributed by atoms with Crippen LogP contribution in [-0.4, -0.2) is 21.2 Å². The number of hydrogen-bond acceptors (Lipinski definition) is 4. The van der Waals surface area contributed by atoms with Crippen molar-refractivity contribution >= 4 is 5.69 Å². The second kappa shape index (κ2) is 6.10. The highest BCUT2D eigenvalue weighted by atomic mass is 16.6. The molecular weight excluding hydrogens is 244 g/mol. The first-order valence-electron chi connectivity index (χ1n) is 6.21. The van der Waals surface area contributed by atoms with Crippen LogP contribution in [-0.2, 0) is 6.54 Å². The summed E-state index contributed by atoms with van der Waals surface area (Å²) in [7, 11) is 0. The predicted octanol–water partition coefficient (Wildman–Crippen LogP) is 2.28. The summed E-state index contributed by atoms with van der Waals surface area (Å²) in [5, 5.41) is 18.4. The van der Waals surface area contributed by atoms with Crippen molar-refractivity contribution in [3.8, 4) is 5.69 Å². The Bertz CT molecular complexity index is 565. The maximum Gasteiger partial charge on any atom is 0.271 e. The molecule has 1 N–H and O–H groups in total. The minimum atomic E-state index is -0.406. The molecule has 0 aliphatic carbocycles. The Balaban J connectivity index is 2.13. The fourth-order valence-corrected chi connectivity index (χ4v) is 1.74. The molecule has 0 spiro atoms. The van der Waals surface area contributed by atoms with E-state index in [0.29, 0.717) is 12.2 Å². The Morgan fingerprint density at radius 1 is 1.42 bits per heavy atom. The Labute approximate surface area is 111 Å². The lowest BCUT2D eigenvalue weighted by atomic mass is 10.3. The van der Waals surface area contributed by atoms with Crippen LogP contribution in [0.5, 0.6) is 0 Å². The van der Waals surface area contributed by atoms with E-state index in [1.54, 1.807) is 16.8 Å². The van der Waals surface area contributed by atoms with Crippen LogP contribution in [0.2, 0.25) is 0 Å². The second-order valence-corrected chi connectivity index (χ2v) is 4.21. The van der Waals surface area contributed by atoms with Crippen LogP contribution in [0.1, 0.15) is 19.0 Å². The molecule has 100 valence electrons. The summed E-state index contributed by atoms with van der Waals surface area (Å²) in [6.07, 6.45) is 2.88. The van der Waals surface area contributed by atoms with Crippen molar-refractivity contribution in [1.82, 2.24) is 15.1 Å². The van der Waals surface area contributed by atoms with E-state index in [9.17, 15) is 10.1 Å². The highest BCUT2D eigenvalue weighted by molar-refractivity contribution is 5.42. The van der Waals surface area contributed by atoms with Crippen molar-refractivity contribution in [2.45, 2.75) is 19.9 Å². The number of benzene rings is 1. The van der Waals surface area contributed by atoms with Gasteiger partial charge in [0.2, 0.25) is 0 Å². The summed E-state index contributed by atoms with van der Waals surface area (Å²) in [6.45, 7) is 3.76. The van der Waals surface area contributed by atoms with Gasteiger partial charge >= 0.3 is 0 Å². The molecule has 6 nitrogen and oxygen atoms in total. The maximum atomic E-state index is 10.7. The average Bonchev–Trinajstić information content (AvgIpc) is 2.88. The number of aromatic nitrogens is 2. The molecule has 0 aliphatic rings. The molecule has 0 aliphatic heterocycles. The van der Waals surface area contributed by atoms with E-state index >= 15 is 0 Å². The van der Waals surface area contributed by atoms with Gasteiger partial charge in [0.05, 0.1) is 16.3 Å². The van der Waals surface area contributed by atoms with E-state index in [4.69, 9.17) is 0 Å². The number of hydrogen-bond donors (Lipinski definition) is 1. The van der Waals surface area contributed by atoms with Gasteiger partial charge in [-0.15, -0.1) is 0 Å². The highest BCUT2D eigenvalue weighted by Gasteiger charge is 2.07. The van der Waals surface area contributed by atoms with Gasteiger partial charge in [0.25, 0.3) is 5.69 Å². The fraction of sp³-hybridized carbons (Fsp3) is 0.308. The van der Waals surface area contributed by atoms with Crippen LogP contribution in [0.15, 0.2) is 36.5 Å². The Morgan fingerprint density at radius 2 is 2.26 bits per heavy atom. The van der Waals surface area contributed by atoms with Crippen molar-refractivity contribution in [1.29, 1.82) is 0 Å². The maximum absolute atomic E-state index is 10.7. The van der Waals surface area contributed by atoms with Gasteiger partial charge in [-0.2, -0.15) is 5.10 Å². The molecule has 0 fully saturated rings. The third kappa shape index (κ3) is 3.38. The number of nitrogens with zero attached hydrogens (tertiary/aromatic N) is 3.